The highest BCUT2D eigenvalue weighted by Gasteiger charge is 2.26. The fraction of sp³-hybridized carbons (Fsp3) is 0.286. The molecule has 3 heterocycles. The van der Waals surface area contributed by atoms with Crippen LogP contribution in [0, 0.1) is 5.82 Å². The molecule has 0 aliphatic carbocycles. The second-order valence-electron chi connectivity index (χ2n) is 6.81. The van der Waals surface area contributed by atoms with Crippen molar-refractivity contribution in [2.45, 2.75) is 31.8 Å². The topological polar surface area (TPSA) is 61.9 Å². The van der Waals surface area contributed by atoms with Crippen molar-refractivity contribution in [3.8, 4) is 11.5 Å². The Morgan fingerprint density at radius 2 is 2.00 bits per heavy atom. The molecule has 1 unspecified atom stereocenters. The molecule has 1 N–H and O–H groups in total. The smallest absolute Gasteiger partial charge is 0.251 e. The highest BCUT2D eigenvalue weighted by atomic mass is 19.1. The molecule has 1 saturated heterocycles. The van der Waals surface area contributed by atoms with E-state index in [-0.39, 0.29) is 17.4 Å². The lowest BCUT2D eigenvalue weighted by Crippen LogP contribution is -2.34. The lowest BCUT2D eigenvalue weighted by atomic mass is 9.98. The average Bonchev–Trinajstić information content (AvgIpc) is 2.70. The van der Waals surface area contributed by atoms with Gasteiger partial charge in [0.15, 0.2) is 5.82 Å². The van der Waals surface area contributed by atoms with Gasteiger partial charge in [-0.15, -0.1) is 0 Å². The van der Waals surface area contributed by atoms with Gasteiger partial charge in [-0.2, -0.15) is 0 Å². The molecule has 6 heteroatoms. The van der Waals surface area contributed by atoms with E-state index in [1.54, 1.807) is 18.3 Å². The Labute approximate surface area is 156 Å². The first-order valence-electron chi connectivity index (χ1n) is 9.21. The van der Waals surface area contributed by atoms with Crippen LogP contribution >= 0.6 is 0 Å². The summed E-state index contributed by atoms with van der Waals surface area (Å²) in [6, 6.07) is 13.9. The number of rotatable bonds is 4. The van der Waals surface area contributed by atoms with E-state index < -0.39 is 0 Å². The van der Waals surface area contributed by atoms with Crippen LogP contribution in [0.1, 0.15) is 36.6 Å². The second kappa shape index (κ2) is 7.80. The number of nitrogens with one attached hydrogen (secondary N) is 1. The van der Waals surface area contributed by atoms with E-state index in [1.807, 2.05) is 30.3 Å². The van der Waals surface area contributed by atoms with Crippen LogP contribution in [0.5, 0.6) is 0 Å². The molecule has 0 spiro atoms. The molecule has 4 rings (SSSR count). The fourth-order valence-corrected chi connectivity index (χ4v) is 3.63. The van der Waals surface area contributed by atoms with Crippen LogP contribution in [0.25, 0.3) is 11.5 Å². The summed E-state index contributed by atoms with van der Waals surface area (Å²) in [5, 5.41) is 0. The van der Waals surface area contributed by atoms with Crippen LogP contribution < -0.4 is 5.56 Å². The largest absolute Gasteiger partial charge is 0.305 e. The number of piperidine rings is 1. The highest BCUT2D eigenvalue weighted by molar-refractivity contribution is 5.48. The van der Waals surface area contributed by atoms with Gasteiger partial charge in [0, 0.05) is 24.4 Å². The van der Waals surface area contributed by atoms with Gasteiger partial charge in [-0.3, -0.25) is 14.7 Å². The maximum Gasteiger partial charge on any atom is 0.251 e. The first-order chi connectivity index (χ1) is 13.2. The number of nitrogens with zero attached hydrogens (tertiary/aromatic N) is 3. The number of hydrogen-bond donors (Lipinski definition) is 1. The van der Waals surface area contributed by atoms with Crippen LogP contribution in [0.3, 0.4) is 0 Å². The van der Waals surface area contributed by atoms with Crippen molar-refractivity contribution in [2.24, 2.45) is 0 Å². The predicted molar refractivity (Wildman–Crippen MR) is 101 cm³/mol. The van der Waals surface area contributed by atoms with E-state index in [9.17, 15) is 9.18 Å². The molecule has 2 aromatic heterocycles. The van der Waals surface area contributed by atoms with Crippen LogP contribution in [0.15, 0.2) is 59.5 Å². The molecule has 1 aromatic carbocycles. The van der Waals surface area contributed by atoms with E-state index >= 15 is 0 Å². The minimum absolute atomic E-state index is 0.0110. The van der Waals surface area contributed by atoms with Crippen LogP contribution in [-0.4, -0.2) is 26.4 Å². The molecule has 1 atom stereocenters. The molecular formula is C21H21FN4O. The first kappa shape index (κ1) is 17.5. The van der Waals surface area contributed by atoms with Gasteiger partial charge < -0.3 is 4.98 Å². The third-order valence-corrected chi connectivity index (χ3v) is 4.96. The minimum atomic E-state index is -0.199. The van der Waals surface area contributed by atoms with Gasteiger partial charge in [0.25, 0.3) is 5.56 Å². The summed E-state index contributed by atoms with van der Waals surface area (Å²) in [7, 11) is 0. The van der Waals surface area contributed by atoms with Crippen molar-refractivity contribution in [3.05, 3.63) is 82.2 Å². The summed E-state index contributed by atoms with van der Waals surface area (Å²) >= 11 is 0. The summed E-state index contributed by atoms with van der Waals surface area (Å²) < 4.78 is 14.1. The van der Waals surface area contributed by atoms with Crippen LogP contribution in [-0.2, 0) is 6.54 Å². The number of H-pyrrole nitrogens is 1. The Morgan fingerprint density at radius 1 is 1.15 bits per heavy atom. The molecular weight excluding hydrogens is 343 g/mol. The summed E-state index contributed by atoms with van der Waals surface area (Å²) in [4.78, 5) is 26.2. The Bertz CT molecular complexity index is 973. The van der Waals surface area contributed by atoms with Gasteiger partial charge in [0.1, 0.15) is 11.5 Å². The van der Waals surface area contributed by atoms with Crippen molar-refractivity contribution < 1.29 is 4.39 Å². The third-order valence-electron chi connectivity index (χ3n) is 4.96. The first-order valence-corrected chi connectivity index (χ1v) is 9.21. The molecule has 3 aromatic rings. The molecule has 0 saturated carbocycles. The van der Waals surface area contributed by atoms with Gasteiger partial charge >= 0.3 is 0 Å². The number of aromatic amines is 1. The lowest BCUT2D eigenvalue weighted by Gasteiger charge is -2.35. The zero-order chi connectivity index (χ0) is 18.6. The van der Waals surface area contributed by atoms with Gasteiger partial charge in [0.2, 0.25) is 0 Å². The zero-order valence-electron chi connectivity index (χ0n) is 14.9. The molecule has 1 aliphatic rings. The van der Waals surface area contributed by atoms with Crippen LogP contribution in [0.4, 0.5) is 4.39 Å². The van der Waals surface area contributed by atoms with E-state index in [2.05, 4.69) is 19.9 Å². The summed E-state index contributed by atoms with van der Waals surface area (Å²) in [6.07, 6.45) is 4.69. The number of pyridine rings is 1. The summed E-state index contributed by atoms with van der Waals surface area (Å²) in [5.74, 6) is 0.268. The normalized spacial score (nSPS) is 17.7. The van der Waals surface area contributed by atoms with Crippen LogP contribution in [0.2, 0.25) is 0 Å². The molecule has 1 fully saturated rings. The molecule has 0 amide bonds. The predicted octanol–water partition coefficient (Wildman–Crippen LogP) is 3.70. The van der Waals surface area contributed by atoms with Gasteiger partial charge in [-0.1, -0.05) is 30.7 Å². The van der Waals surface area contributed by atoms with Crippen molar-refractivity contribution >= 4 is 0 Å². The Balaban J connectivity index is 1.67. The molecule has 1 aliphatic heterocycles. The van der Waals surface area contributed by atoms with E-state index in [4.69, 9.17) is 0 Å². The SMILES string of the molecule is O=c1cc(C2CCCCN2Cc2ccccc2F)nc(-c2ccccn2)[nH]1. The quantitative estimate of drug-likeness (QED) is 0.767. The second-order valence-corrected chi connectivity index (χ2v) is 6.81. The van der Waals surface area contributed by atoms with Gasteiger partial charge in [-0.05, 0) is 37.6 Å². The fourth-order valence-electron chi connectivity index (χ4n) is 3.63. The zero-order valence-corrected chi connectivity index (χ0v) is 14.9. The molecule has 138 valence electrons. The Morgan fingerprint density at radius 3 is 2.81 bits per heavy atom. The van der Waals surface area contributed by atoms with Gasteiger partial charge in [0.05, 0.1) is 11.7 Å². The standard InChI is InChI=1S/C21H21FN4O/c22-16-8-2-1-7-15(16)14-26-12-6-4-10-19(26)18-13-20(27)25-21(24-18)17-9-3-5-11-23-17/h1-3,5,7-9,11,13,19H,4,6,10,12,14H2,(H,24,25,27). The van der Waals surface area contributed by atoms with E-state index in [1.165, 1.54) is 6.07 Å². The Hall–Kier alpha value is -2.86. The number of hydrogen-bond acceptors (Lipinski definition) is 4. The summed E-state index contributed by atoms with van der Waals surface area (Å²) in [6.45, 7) is 1.36. The monoisotopic (exact) mass is 364 g/mol. The maximum absolute atomic E-state index is 14.1. The number of benzene rings is 1. The average molecular weight is 364 g/mol. The van der Waals surface area contributed by atoms with E-state index in [0.717, 1.165) is 31.5 Å². The summed E-state index contributed by atoms with van der Waals surface area (Å²) in [5.41, 5.74) is 1.82. The molecule has 27 heavy (non-hydrogen) atoms. The number of halogens is 1. The van der Waals surface area contributed by atoms with Gasteiger partial charge in [-0.25, -0.2) is 9.37 Å². The highest BCUT2D eigenvalue weighted by Crippen LogP contribution is 2.31. The lowest BCUT2D eigenvalue weighted by molar-refractivity contribution is 0.135. The number of likely N-dealkylation sites (tertiary alicyclic amines) is 1. The molecule has 0 radical (unpaired) electrons. The van der Waals surface area contributed by atoms with E-state index in [0.29, 0.717) is 23.6 Å². The van der Waals surface area contributed by atoms with Crippen molar-refractivity contribution in [3.63, 3.8) is 0 Å². The van der Waals surface area contributed by atoms with Crippen molar-refractivity contribution in [2.75, 3.05) is 6.54 Å². The molecule has 0 bridgehead atoms. The van der Waals surface area contributed by atoms with Crippen molar-refractivity contribution in [1.82, 2.24) is 19.9 Å². The molecule has 5 nitrogen and oxygen atoms in total. The Kier molecular flexibility index (Phi) is 5.07. The number of aromatic nitrogens is 3. The third kappa shape index (κ3) is 3.95. The minimum Gasteiger partial charge on any atom is -0.305 e. The van der Waals surface area contributed by atoms with Crippen molar-refractivity contribution in [1.29, 1.82) is 0 Å². The maximum atomic E-state index is 14.1.